The fraction of sp³-hybridized carbons (Fsp3) is 0.455. The molecule has 94 valence electrons. The Balaban J connectivity index is 2.37. The molecule has 1 aliphatic heterocycles. The van der Waals surface area contributed by atoms with E-state index in [1.807, 2.05) is 6.07 Å². The number of β-amino-alcohol motifs (C(OH)–C–C–N with tert-alkyl or cyclic N) is 1. The van der Waals surface area contributed by atoms with Crippen LogP contribution in [0.15, 0.2) is 12.3 Å². The lowest BCUT2D eigenvalue weighted by Crippen LogP contribution is -2.39. The van der Waals surface area contributed by atoms with E-state index < -0.39 is 11.0 Å². The van der Waals surface area contributed by atoms with Gasteiger partial charge in [-0.1, -0.05) is 0 Å². The summed E-state index contributed by atoms with van der Waals surface area (Å²) in [5.74, 6) is 0.220. The predicted octanol–water partition coefficient (Wildman–Crippen LogP) is 0.823. The van der Waals surface area contributed by atoms with Crippen molar-refractivity contribution in [1.82, 2.24) is 4.98 Å². The number of aromatic nitrogens is 1. The molecule has 1 aromatic rings. The average molecular weight is 248 g/mol. The maximum Gasteiger partial charge on any atom is 0.312 e. The zero-order valence-electron chi connectivity index (χ0n) is 9.61. The molecule has 2 rings (SSSR count). The normalized spacial score (nSPS) is 19.3. The summed E-state index contributed by atoms with van der Waals surface area (Å²) in [6.45, 7) is 0.955. The molecule has 1 fully saturated rings. The zero-order chi connectivity index (χ0) is 13.1. The van der Waals surface area contributed by atoms with Crippen molar-refractivity contribution in [2.75, 3.05) is 18.0 Å². The lowest BCUT2D eigenvalue weighted by atomic mass is 10.1. The van der Waals surface area contributed by atoms with E-state index in [1.54, 1.807) is 4.90 Å². The van der Waals surface area contributed by atoms with Gasteiger partial charge in [0.2, 0.25) is 5.82 Å². The lowest BCUT2D eigenvalue weighted by molar-refractivity contribution is -0.384. The fourth-order valence-corrected chi connectivity index (χ4v) is 2.03. The number of nitro groups is 1. The molecular weight excluding hydrogens is 236 g/mol. The Kier molecular flexibility index (Phi) is 3.39. The maximum absolute atomic E-state index is 11.0. The van der Waals surface area contributed by atoms with E-state index in [0.29, 0.717) is 19.5 Å². The Hall–Kier alpha value is -2.20. The van der Waals surface area contributed by atoms with Gasteiger partial charge in [-0.15, -0.1) is 0 Å². The van der Waals surface area contributed by atoms with E-state index in [9.17, 15) is 15.2 Å². The number of anilines is 1. The highest BCUT2D eigenvalue weighted by Crippen LogP contribution is 2.28. The van der Waals surface area contributed by atoms with Gasteiger partial charge >= 0.3 is 5.69 Å². The zero-order valence-corrected chi connectivity index (χ0v) is 9.61. The van der Waals surface area contributed by atoms with E-state index >= 15 is 0 Å². The standard InChI is InChI=1S/C11H12N4O3/c12-5-8-4-10(15(17)18)11(13-6-8)14-3-1-2-9(16)7-14/h4,6,9,16H,1-3,7H2. The van der Waals surface area contributed by atoms with Crippen molar-refractivity contribution in [3.63, 3.8) is 0 Å². The van der Waals surface area contributed by atoms with Gasteiger partial charge in [0.25, 0.3) is 0 Å². The number of hydrogen-bond donors (Lipinski definition) is 1. The summed E-state index contributed by atoms with van der Waals surface area (Å²) in [5, 5.41) is 29.3. The summed E-state index contributed by atoms with van der Waals surface area (Å²) in [4.78, 5) is 16.1. The molecule has 18 heavy (non-hydrogen) atoms. The first-order valence-electron chi connectivity index (χ1n) is 5.59. The second-order valence-electron chi connectivity index (χ2n) is 4.18. The van der Waals surface area contributed by atoms with Gasteiger partial charge in [-0.2, -0.15) is 5.26 Å². The maximum atomic E-state index is 11.0. The third-order valence-electron chi connectivity index (χ3n) is 2.87. The van der Waals surface area contributed by atoms with E-state index in [-0.39, 0.29) is 17.1 Å². The number of nitriles is 1. The molecule has 2 heterocycles. The van der Waals surface area contributed by atoms with Crippen LogP contribution in [0.25, 0.3) is 0 Å². The van der Waals surface area contributed by atoms with Crippen LogP contribution in [0.3, 0.4) is 0 Å². The third kappa shape index (κ3) is 2.38. The number of pyridine rings is 1. The molecule has 7 heteroatoms. The Morgan fingerprint density at radius 2 is 2.44 bits per heavy atom. The number of nitrogens with zero attached hydrogens (tertiary/aromatic N) is 4. The highest BCUT2D eigenvalue weighted by Gasteiger charge is 2.26. The summed E-state index contributed by atoms with van der Waals surface area (Å²) in [6.07, 6.45) is 2.28. The molecule has 1 aromatic heterocycles. The smallest absolute Gasteiger partial charge is 0.312 e. The van der Waals surface area contributed by atoms with E-state index in [0.717, 1.165) is 6.42 Å². The molecule has 0 bridgehead atoms. The molecule has 0 aliphatic carbocycles. The Morgan fingerprint density at radius 1 is 1.67 bits per heavy atom. The number of hydrogen-bond acceptors (Lipinski definition) is 6. The van der Waals surface area contributed by atoms with Crippen molar-refractivity contribution in [2.24, 2.45) is 0 Å². The van der Waals surface area contributed by atoms with Crippen LogP contribution < -0.4 is 4.90 Å². The SMILES string of the molecule is N#Cc1cnc(N2CCCC(O)C2)c([N+](=O)[O-])c1. The first kappa shape index (κ1) is 12.3. The summed E-state index contributed by atoms with van der Waals surface area (Å²) in [7, 11) is 0. The van der Waals surface area contributed by atoms with Crippen LogP contribution in [-0.2, 0) is 0 Å². The quantitative estimate of drug-likeness (QED) is 0.614. The van der Waals surface area contributed by atoms with Crippen molar-refractivity contribution < 1.29 is 10.0 Å². The van der Waals surface area contributed by atoms with E-state index in [4.69, 9.17) is 5.26 Å². The van der Waals surface area contributed by atoms with E-state index in [2.05, 4.69) is 4.98 Å². The molecular formula is C11H12N4O3. The molecule has 1 atom stereocenters. The molecule has 1 unspecified atom stereocenters. The summed E-state index contributed by atoms with van der Waals surface area (Å²) in [6, 6.07) is 3.04. The molecule has 7 nitrogen and oxygen atoms in total. The van der Waals surface area contributed by atoms with Crippen LogP contribution in [0.1, 0.15) is 18.4 Å². The monoisotopic (exact) mass is 248 g/mol. The molecule has 0 aromatic carbocycles. The van der Waals surface area contributed by atoms with Crippen molar-refractivity contribution in [3.05, 3.63) is 27.9 Å². The highest BCUT2D eigenvalue weighted by molar-refractivity contribution is 5.60. The molecule has 0 radical (unpaired) electrons. The molecule has 1 saturated heterocycles. The van der Waals surface area contributed by atoms with Crippen LogP contribution in [0.5, 0.6) is 0 Å². The second-order valence-corrected chi connectivity index (χ2v) is 4.18. The fourth-order valence-electron chi connectivity index (χ4n) is 2.03. The third-order valence-corrected chi connectivity index (χ3v) is 2.87. The van der Waals surface area contributed by atoms with Gasteiger partial charge in [-0.05, 0) is 12.8 Å². The van der Waals surface area contributed by atoms with Crippen LogP contribution in [0.4, 0.5) is 11.5 Å². The van der Waals surface area contributed by atoms with Gasteiger partial charge in [0.1, 0.15) is 6.07 Å². The minimum atomic E-state index is -0.551. The molecule has 1 aliphatic rings. The molecule has 0 amide bonds. The molecule has 0 spiro atoms. The van der Waals surface area contributed by atoms with Crippen molar-refractivity contribution in [2.45, 2.75) is 18.9 Å². The van der Waals surface area contributed by atoms with E-state index in [1.165, 1.54) is 12.3 Å². The van der Waals surface area contributed by atoms with Gasteiger partial charge in [0.05, 0.1) is 16.6 Å². The highest BCUT2D eigenvalue weighted by atomic mass is 16.6. The minimum Gasteiger partial charge on any atom is -0.391 e. The number of piperidine rings is 1. The van der Waals surface area contributed by atoms with Crippen LogP contribution in [-0.4, -0.2) is 34.2 Å². The topological polar surface area (TPSA) is 103 Å². The average Bonchev–Trinajstić information content (AvgIpc) is 2.38. The largest absolute Gasteiger partial charge is 0.391 e. The van der Waals surface area contributed by atoms with Crippen molar-refractivity contribution in [1.29, 1.82) is 5.26 Å². The number of rotatable bonds is 2. The first-order valence-corrected chi connectivity index (χ1v) is 5.59. The summed E-state index contributed by atoms with van der Waals surface area (Å²) in [5.41, 5.74) is -0.0360. The predicted molar refractivity (Wildman–Crippen MR) is 63.1 cm³/mol. The van der Waals surface area contributed by atoms with Gasteiger partial charge in [-0.3, -0.25) is 10.1 Å². The van der Waals surface area contributed by atoms with Gasteiger partial charge < -0.3 is 10.0 Å². The van der Waals surface area contributed by atoms with Gasteiger partial charge in [-0.25, -0.2) is 4.98 Å². The number of aliphatic hydroxyl groups is 1. The van der Waals surface area contributed by atoms with Crippen molar-refractivity contribution >= 4 is 11.5 Å². The number of aliphatic hydroxyl groups excluding tert-OH is 1. The van der Waals surface area contributed by atoms with Crippen LogP contribution in [0, 0.1) is 21.4 Å². The van der Waals surface area contributed by atoms with Crippen LogP contribution in [0.2, 0.25) is 0 Å². The second kappa shape index (κ2) is 4.98. The summed E-state index contributed by atoms with van der Waals surface area (Å²) >= 11 is 0. The van der Waals surface area contributed by atoms with Crippen molar-refractivity contribution in [3.8, 4) is 6.07 Å². The Labute approximate surface area is 103 Å². The van der Waals surface area contributed by atoms with Gasteiger partial charge in [0, 0.05) is 25.4 Å². The van der Waals surface area contributed by atoms with Crippen LogP contribution >= 0.6 is 0 Å². The molecule has 0 saturated carbocycles. The Morgan fingerprint density at radius 3 is 3.06 bits per heavy atom. The Bertz CT molecular complexity index is 512. The minimum absolute atomic E-state index is 0.156. The molecule has 1 N–H and O–H groups in total. The first-order chi connectivity index (χ1) is 8.61. The summed E-state index contributed by atoms with van der Waals surface area (Å²) < 4.78 is 0. The van der Waals surface area contributed by atoms with Gasteiger partial charge in [0.15, 0.2) is 0 Å². The lowest BCUT2D eigenvalue weighted by Gasteiger charge is -2.30.